The van der Waals surface area contributed by atoms with Gasteiger partial charge in [0.25, 0.3) is 0 Å². The van der Waals surface area contributed by atoms with Crippen LogP contribution in [0, 0.1) is 17.9 Å². The van der Waals surface area contributed by atoms with Gasteiger partial charge in [-0.05, 0) is 26.2 Å². The van der Waals surface area contributed by atoms with Crippen LogP contribution >= 0.6 is 0 Å². The second-order valence-electron chi connectivity index (χ2n) is 6.74. The normalized spacial score (nSPS) is 11.8. The van der Waals surface area contributed by atoms with Gasteiger partial charge in [0.15, 0.2) is 18.9 Å². The van der Waals surface area contributed by atoms with Crippen molar-refractivity contribution >= 4 is 5.97 Å². The molecule has 28 heavy (non-hydrogen) atoms. The van der Waals surface area contributed by atoms with Crippen molar-refractivity contribution < 1.29 is 14.1 Å². The summed E-state index contributed by atoms with van der Waals surface area (Å²) in [7, 11) is 0. The SMILES string of the molecule is [C-]#[N+]CCC[n+]1ccc2c(c1)CCc1c-2nn(CCCC#N)c1C(=O)OCC. The maximum atomic E-state index is 12.6. The Labute approximate surface area is 165 Å². The Bertz CT molecular complexity index is 949. The number of aryl methyl sites for hydroxylation is 3. The Morgan fingerprint density at radius 1 is 1.46 bits per heavy atom. The zero-order valence-corrected chi connectivity index (χ0v) is 16.1. The molecule has 0 amide bonds. The van der Waals surface area contributed by atoms with Gasteiger partial charge in [0.1, 0.15) is 5.69 Å². The zero-order valence-electron chi connectivity index (χ0n) is 16.1. The molecule has 0 unspecified atom stereocenters. The van der Waals surface area contributed by atoms with E-state index in [1.807, 2.05) is 12.3 Å². The highest BCUT2D eigenvalue weighted by Gasteiger charge is 2.30. The van der Waals surface area contributed by atoms with E-state index in [1.165, 1.54) is 5.56 Å². The second-order valence-corrected chi connectivity index (χ2v) is 6.74. The maximum Gasteiger partial charge on any atom is 0.356 e. The highest BCUT2D eigenvalue weighted by molar-refractivity contribution is 5.92. The van der Waals surface area contributed by atoms with Gasteiger partial charge in [-0.15, -0.1) is 0 Å². The molecule has 3 rings (SSSR count). The summed E-state index contributed by atoms with van der Waals surface area (Å²) in [5, 5.41) is 13.5. The first kappa shape index (κ1) is 19.6. The van der Waals surface area contributed by atoms with Crippen LogP contribution in [0.5, 0.6) is 0 Å². The van der Waals surface area contributed by atoms with Gasteiger partial charge in [-0.25, -0.2) is 15.9 Å². The number of carbonyl (C=O) groups is 1. The molecule has 1 aliphatic carbocycles. The minimum atomic E-state index is -0.346. The van der Waals surface area contributed by atoms with Crippen LogP contribution in [0.4, 0.5) is 0 Å². The number of hydrogen-bond acceptors (Lipinski definition) is 4. The molecule has 0 aliphatic heterocycles. The number of rotatable bonds is 8. The van der Waals surface area contributed by atoms with Crippen molar-refractivity contribution in [3.05, 3.63) is 46.7 Å². The Hall–Kier alpha value is -3.19. The molecule has 7 heteroatoms. The number of nitriles is 1. The number of unbranched alkanes of at least 4 members (excludes halogenated alkanes) is 1. The maximum absolute atomic E-state index is 12.6. The highest BCUT2D eigenvalue weighted by Crippen LogP contribution is 2.34. The van der Waals surface area contributed by atoms with Gasteiger partial charge in [-0.2, -0.15) is 10.4 Å². The molecule has 144 valence electrons. The number of esters is 1. The van der Waals surface area contributed by atoms with Gasteiger partial charge in [0.2, 0.25) is 6.54 Å². The van der Waals surface area contributed by atoms with Crippen LogP contribution in [0.1, 0.15) is 47.8 Å². The van der Waals surface area contributed by atoms with Gasteiger partial charge in [-0.3, -0.25) is 4.68 Å². The van der Waals surface area contributed by atoms with E-state index in [2.05, 4.69) is 21.7 Å². The lowest BCUT2D eigenvalue weighted by atomic mass is 9.90. The van der Waals surface area contributed by atoms with E-state index in [4.69, 9.17) is 21.7 Å². The third-order valence-electron chi connectivity index (χ3n) is 4.86. The number of nitrogens with zero attached hydrogens (tertiary/aromatic N) is 5. The summed E-state index contributed by atoms with van der Waals surface area (Å²) >= 11 is 0. The summed E-state index contributed by atoms with van der Waals surface area (Å²) in [6.07, 6.45) is 7.61. The summed E-state index contributed by atoms with van der Waals surface area (Å²) in [5.41, 5.74) is 4.56. The molecule has 0 aromatic carbocycles. The average Bonchev–Trinajstić information content (AvgIpc) is 3.07. The third-order valence-corrected chi connectivity index (χ3v) is 4.86. The average molecular weight is 378 g/mol. The molecule has 1 aliphatic rings. The van der Waals surface area contributed by atoms with Crippen molar-refractivity contribution in [3.63, 3.8) is 0 Å². The van der Waals surface area contributed by atoms with Crippen LogP contribution in [-0.2, 0) is 30.7 Å². The molecule has 0 bridgehead atoms. The van der Waals surface area contributed by atoms with Crippen LogP contribution in [0.25, 0.3) is 16.1 Å². The molecular formula is C21H24N5O2+. The highest BCUT2D eigenvalue weighted by atomic mass is 16.5. The van der Waals surface area contributed by atoms with Gasteiger partial charge in [-0.1, -0.05) is 0 Å². The first-order valence-electron chi connectivity index (χ1n) is 9.68. The molecule has 2 heterocycles. The predicted octanol–water partition coefficient (Wildman–Crippen LogP) is 2.73. The number of ether oxygens (including phenoxy) is 1. The van der Waals surface area contributed by atoms with Crippen LogP contribution < -0.4 is 4.57 Å². The largest absolute Gasteiger partial charge is 0.461 e. The number of pyridine rings is 1. The molecule has 0 saturated heterocycles. The number of fused-ring (bicyclic) bond motifs is 3. The van der Waals surface area contributed by atoms with Crippen molar-refractivity contribution in [1.82, 2.24) is 9.78 Å². The Balaban J connectivity index is 1.95. The smallest absolute Gasteiger partial charge is 0.356 e. The summed E-state index contributed by atoms with van der Waals surface area (Å²) < 4.78 is 9.10. The molecule has 0 fully saturated rings. The Morgan fingerprint density at radius 3 is 3.07 bits per heavy atom. The summed E-state index contributed by atoms with van der Waals surface area (Å²) in [6.45, 7) is 10.9. The molecular weight excluding hydrogens is 354 g/mol. The fourth-order valence-electron chi connectivity index (χ4n) is 3.60. The molecule has 0 spiro atoms. The van der Waals surface area contributed by atoms with E-state index in [9.17, 15) is 4.79 Å². The van der Waals surface area contributed by atoms with Crippen LogP contribution in [0.15, 0.2) is 18.5 Å². The fourth-order valence-corrected chi connectivity index (χ4v) is 3.60. The monoisotopic (exact) mass is 378 g/mol. The molecule has 7 nitrogen and oxygen atoms in total. The summed E-state index contributed by atoms with van der Waals surface area (Å²) in [5.74, 6) is -0.346. The lowest BCUT2D eigenvalue weighted by molar-refractivity contribution is -0.697. The van der Waals surface area contributed by atoms with Gasteiger partial charge < -0.3 is 9.58 Å². The van der Waals surface area contributed by atoms with Crippen molar-refractivity contribution in [2.75, 3.05) is 13.2 Å². The fraction of sp³-hybridized carbons (Fsp3) is 0.476. The molecule has 2 aromatic rings. The lowest BCUT2D eigenvalue weighted by Crippen LogP contribution is -2.34. The Morgan fingerprint density at radius 2 is 2.32 bits per heavy atom. The molecule has 0 atom stereocenters. The van der Waals surface area contributed by atoms with E-state index in [-0.39, 0.29) is 5.97 Å². The molecule has 0 N–H and O–H groups in total. The molecule has 0 saturated carbocycles. The number of carbonyl (C=O) groups excluding carboxylic acids is 1. The first-order valence-corrected chi connectivity index (χ1v) is 9.68. The number of aromatic nitrogens is 3. The van der Waals surface area contributed by atoms with E-state index >= 15 is 0 Å². The van der Waals surface area contributed by atoms with Crippen molar-refractivity contribution in [3.8, 4) is 17.3 Å². The van der Waals surface area contributed by atoms with E-state index in [0.29, 0.717) is 38.2 Å². The zero-order chi connectivity index (χ0) is 19.9. The topological polar surface area (TPSA) is 76.2 Å². The quantitative estimate of drug-likeness (QED) is 0.306. The first-order chi connectivity index (χ1) is 13.7. The second kappa shape index (κ2) is 9.14. The predicted molar refractivity (Wildman–Crippen MR) is 102 cm³/mol. The van der Waals surface area contributed by atoms with Crippen molar-refractivity contribution in [2.24, 2.45) is 0 Å². The van der Waals surface area contributed by atoms with E-state index in [1.54, 1.807) is 11.6 Å². The van der Waals surface area contributed by atoms with E-state index in [0.717, 1.165) is 42.6 Å². The summed E-state index contributed by atoms with van der Waals surface area (Å²) in [6, 6.07) is 4.19. The standard InChI is InChI=1S/C21H24N5O2/c1-3-28-21(27)20-18-8-7-16-15-25(12-6-11-23-2)14-9-17(16)19(18)24-26(20)13-5-4-10-22/h9,14-15H,3-8,11-13H2,1H3/q+1. The lowest BCUT2D eigenvalue weighted by Gasteiger charge is -2.14. The van der Waals surface area contributed by atoms with Gasteiger partial charge in [0.05, 0.1) is 24.8 Å². The summed E-state index contributed by atoms with van der Waals surface area (Å²) in [4.78, 5) is 16.0. The van der Waals surface area contributed by atoms with Crippen molar-refractivity contribution in [1.29, 1.82) is 5.26 Å². The van der Waals surface area contributed by atoms with Crippen LogP contribution in [0.3, 0.4) is 0 Å². The molecule has 2 aromatic heterocycles. The minimum absolute atomic E-state index is 0.318. The van der Waals surface area contributed by atoms with Crippen LogP contribution in [-0.4, -0.2) is 28.9 Å². The Kier molecular flexibility index (Phi) is 6.39. The minimum Gasteiger partial charge on any atom is -0.461 e. The van der Waals surface area contributed by atoms with Gasteiger partial charge >= 0.3 is 5.97 Å². The van der Waals surface area contributed by atoms with Crippen LogP contribution in [0.2, 0.25) is 0 Å². The molecule has 0 radical (unpaired) electrons. The third kappa shape index (κ3) is 4.04. The number of hydrogen-bond donors (Lipinski definition) is 0. The van der Waals surface area contributed by atoms with Crippen molar-refractivity contribution in [2.45, 2.75) is 52.1 Å². The van der Waals surface area contributed by atoms with Gasteiger partial charge in [0, 0.05) is 35.7 Å². The van der Waals surface area contributed by atoms with E-state index < -0.39 is 0 Å².